The van der Waals surface area contributed by atoms with Gasteiger partial charge in [-0.15, -0.1) is 12.4 Å². The molecule has 1 aromatic carbocycles. The monoisotopic (exact) mass is 414 g/mol. The molecule has 0 spiro atoms. The van der Waals surface area contributed by atoms with Crippen molar-refractivity contribution < 1.29 is 17.9 Å². The Kier molecular flexibility index (Phi) is 6.63. The summed E-state index contributed by atoms with van der Waals surface area (Å²) >= 11 is 0. The number of nitrogens with two attached hydrogens (primary N) is 1. The maximum absolute atomic E-state index is 12.7. The molecule has 2 aromatic rings. The molecule has 10 heteroatoms. The van der Waals surface area contributed by atoms with Gasteiger partial charge in [0.1, 0.15) is 0 Å². The Labute approximate surface area is 164 Å². The van der Waals surface area contributed by atoms with Crippen molar-refractivity contribution in [1.29, 1.82) is 0 Å². The van der Waals surface area contributed by atoms with E-state index in [1.165, 1.54) is 16.9 Å². The molecule has 3 N–H and O–H groups in total. The SMILES string of the molecule is CS(=O)(=O)c1ccccc1-n1cc(NC(=O)C2(CN)CCOCC2)cn1.Cl. The van der Waals surface area contributed by atoms with Gasteiger partial charge in [-0.2, -0.15) is 5.10 Å². The van der Waals surface area contributed by atoms with Crippen LogP contribution in [0.15, 0.2) is 41.6 Å². The summed E-state index contributed by atoms with van der Waals surface area (Å²) in [6, 6.07) is 6.57. The normalized spacial score (nSPS) is 16.4. The van der Waals surface area contributed by atoms with E-state index in [2.05, 4.69) is 10.4 Å². The fourth-order valence-corrected chi connectivity index (χ4v) is 3.90. The van der Waals surface area contributed by atoms with Gasteiger partial charge in [-0.25, -0.2) is 13.1 Å². The molecular weight excluding hydrogens is 392 g/mol. The van der Waals surface area contributed by atoms with Crippen molar-refractivity contribution in [3.05, 3.63) is 36.7 Å². The number of aromatic nitrogens is 2. The molecule has 0 unspecified atom stereocenters. The van der Waals surface area contributed by atoms with Crippen molar-refractivity contribution >= 4 is 33.8 Å². The van der Waals surface area contributed by atoms with Crippen molar-refractivity contribution in [2.75, 3.05) is 31.3 Å². The van der Waals surface area contributed by atoms with Crippen LogP contribution in [-0.2, 0) is 19.4 Å². The van der Waals surface area contributed by atoms with Crippen LogP contribution in [0.3, 0.4) is 0 Å². The Morgan fingerprint density at radius 2 is 2.00 bits per heavy atom. The smallest absolute Gasteiger partial charge is 0.232 e. The first-order chi connectivity index (χ1) is 12.4. The van der Waals surface area contributed by atoms with Crippen molar-refractivity contribution in [3.63, 3.8) is 0 Å². The highest BCUT2D eigenvalue weighted by Gasteiger charge is 2.38. The van der Waals surface area contributed by atoms with Crippen LogP contribution in [0, 0.1) is 5.41 Å². The minimum absolute atomic E-state index is 0. The van der Waals surface area contributed by atoms with Crippen LogP contribution in [0.4, 0.5) is 5.69 Å². The van der Waals surface area contributed by atoms with Crippen LogP contribution >= 0.6 is 12.4 Å². The maximum Gasteiger partial charge on any atom is 0.232 e. The van der Waals surface area contributed by atoms with Crippen molar-refractivity contribution in [2.24, 2.45) is 11.1 Å². The Hall–Kier alpha value is -1.94. The zero-order valence-corrected chi connectivity index (χ0v) is 16.6. The number of nitrogens with zero attached hydrogens (tertiary/aromatic N) is 2. The molecular formula is C17H23ClN4O4S. The van der Waals surface area contributed by atoms with E-state index in [0.29, 0.717) is 37.4 Å². The van der Waals surface area contributed by atoms with Gasteiger partial charge in [0.15, 0.2) is 9.84 Å². The summed E-state index contributed by atoms with van der Waals surface area (Å²) in [5, 5.41) is 7.03. The van der Waals surface area contributed by atoms with Gasteiger partial charge in [0.05, 0.1) is 34.1 Å². The summed E-state index contributed by atoms with van der Waals surface area (Å²) in [6.07, 6.45) is 5.36. The number of carbonyl (C=O) groups excluding carboxylic acids is 1. The van der Waals surface area contributed by atoms with E-state index in [9.17, 15) is 13.2 Å². The fourth-order valence-electron chi connectivity index (χ4n) is 3.03. The molecule has 1 saturated heterocycles. The molecule has 27 heavy (non-hydrogen) atoms. The zero-order chi connectivity index (χ0) is 18.8. The van der Waals surface area contributed by atoms with Gasteiger partial charge >= 0.3 is 0 Å². The van der Waals surface area contributed by atoms with Gasteiger partial charge in [0.2, 0.25) is 5.91 Å². The number of ether oxygens (including phenoxy) is 1. The number of anilines is 1. The number of benzene rings is 1. The Balaban J connectivity index is 0.00000261. The lowest BCUT2D eigenvalue weighted by atomic mass is 9.79. The highest BCUT2D eigenvalue weighted by molar-refractivity contribution is 7.90. The summed E-state index contributed by atoms with van der Waals surface area (Å²) in [7, 11) is -3.40. The molecule has 148 valence electrons. The van der Waals surface area contributed by atoms with Crippen LogP contribution in [-0.4, -0.2) is 50.1 Å². The topological polar surface area (TPSA) is 116 Å². The van der Waals surface area contributed by atoms with Gasteiger partial charge < -0.3 is 15.8 Å². The summed E-state index contributed by atoms with van der Waals surface area (Å²) < 4.78 is 30.7. The third-order valence-corrected chi connectivity index (χ3v) is 5.82. The molecule has 0 saturated carbocycles. The van der Waals surface area contributed by atoms with Crippen molar-refractivity contribution in [1.82, 2.24) is 9.78 Å². The van der Waals surface area contributed by atoms with Crippen LogP contribution in [0.5, 0.6) is 0 Å². The lowest BCUT2D eigenvalue weighted by molar-refractivity contribution is -0.130. The number of hydrogen-bond donors (Lipinski definition) is 2. The second-order valence-corrected chi connectivity index (χ2v) is 8.45. The van der Waals surface area contributed by atoms with Crippen molar-refractivity contribution in [3.8, 4) is 5.69 Å². The molecule has 8 nitrogen and oxygen atoms in total. The highest BCUT2D eigenvalue weighted by atomic mass is 35.5. The van der Waals surface area contributed by atoms with E-state index in [1.807, 2.05) is 0 Å². The second-order valence-electron chi connectivity index (χ2n) is 6.46. The minimum Gasteiger partial charge on any atom is -0.381 e. The zero-order valence-electron chi connectivity index (χ0n) is 14.9. The molecule has 1 aliphatic heterocycles. The summed E-state index contributed by atoms with van der Waals surface area (Å²) in [6.45, 7) is 1.25. The second kappa shape index (κ2) is 8.39. The Bertz CT molecular complexity index is 907. The number of sulfone groups is 1. The van der Waals surface area contributed by atoms with E-state index in [0.717, 1.165) is 6.26 Å². The largest absolute Gasteiger partial charge is 0.381 e. The molecule has 1 fully saturated rings. The Morgan fingerprint density at radius 3 is 2.63 bits per heavy atom. The average molecular weight is 415 g/mol. The van der Waals surface area contributed by atoms with Crippen LogP contribution in [0.1, 0.15) is 12.8 Å². The number of halogens is 1. The molecule has 0 aliphatic carbocycles. The molecule has 0 atom stereocenters. The lowest BCUT2D eigenvalue weighted by Gasteiger charge is -2.34. The van der Waals surface area contributed by atoms with E-state index >= 15 is 0 Å². The quantitative estimate of drug-likeness (QED) is 0.763. The number of nitrogens with one attached hydrogen (secondary N) is 1. The first-order valence-electron chi connectivity index (χ1n) is 8.29. The van der Waals surface area contributed by atoms with E-state index < -0.39 is 15.3 Å². The predicted molar refractivity (Wildman–Crippen MR) is 104 cm³/mol. The Morgan fingerprint density at radius 1 is 1.33 bits per heavy atom. The number of hydrogen-bond acceptors (Lipinski definition) is 6. The third-order valence-electron chi connectivity index (χ3n) is 4.67. The maximum atomic E-state index is 12.7. The van der Waals surface area contributed by atoms with Gasteiger partial charge in [-0.3, -0.25) is 4.79 Å². The predicted octanol–water partition coefficient (Wildman–Crippen LogP) is 1.39. The fraction of sp³-hybridized carbons (Fsp3) is 0.412. The molecule has 1 aliphatic rings. The molecule has 2 heterocycles. The first kappa shape index (κ1) is 21.4. The lowest BCUT2D eigenvalue weighted by Crippen LogP contribution is -2.46. The molecule has 0 bridgehead atoms. The standard InChI is InChI=1S/C17H22N4O4S.ClH/c1-26(23,24)15-5-3-2-4-14(15)21-11-13(10-19-21)20-16(22)17(12-18)6-8-25-9-7-17;/h2-5,10-11H,6-9,12,18H2,1H3,(H,20,22);1H. The highest BCUT2D eigenvalue weighted by Crippen LogP contribution is 2.31. The molecule has 1 aromatic heterocycles. The average Bonchev–Trinajstić information content (AvgIpc) is 3.10. The molecule has 3 rings (SSSR count). The molecule has 0 radical (unpaired) electrons. The van der Waals surface area contributed by atoms with Gasteiger partial charge in [-0.05, 0) is 25.0 Å². The summed E-state index contributed by atoms with van der Waals surface area (Å²) in [5.41, 5.74) is 6.12. The van der Waals surface area contributed by atoms with Crippen LogP contribution < -0.4 is 11.1 Å². The van der Waals surface area contributed by atoms with E-state index in [-0.39, 0.29) is 29.8 Å². The van der Waals surface area contributed by atoms with Crippen molar-refractivity contribution in [2.45, 2.75) is 17.7 Å². The third kappa shape index (κ3) is 4.49. The number of para-hydroxylation sites is 1. The first-order valence-corrected chi connectivity index (χ1v) is 10.2. The minimum atomic E-state index is -3.40. The van der Waals surface area contributed by atoms with Crippen LogP contribution in [0.2, 0.25) is 0 Å². The summed E-state index contributed by atoms with van der Waals surface area (Å²) in [4.78, 5) is 12.9. The van der Waals surface area contributed by atoms with Gasteiger partial charge in [0.25, 0.3) is 0 Å². The van der Waals surface area contributed by atoms with E-state index in [1.54, 1.807) is 24.4 Å². The van der Waals surface area contributed by atoms with Gasteiger partial charge in [0, 0.05) is 26.0 Å². The van der Waals surface area contributed by atoms with Crippen LogP contribution in [0.25, 0.3) is 5.69 Å². The number of rotatable bonds is 5. The summed E-state index contributed by atoms with van der Waals surface area (Å²) in [5.74, 6) is -0.167. The number of amides is 1. The molecule has 1 amide bonds. The number of carbonyl (C=O) groups is 1. The van der Waals surface area contributed by atoms with Gasteiger partial charge in [-0.1, -0.05) is 12.1 Å². The van der Waals surface area contributed by atoms with E-state index in [4.69, 9.17) is 10.5 Å².